The fraction of sp³-hybridized carbons (Fsp3) is 0.714. The third-order valence-electron chi connectivity index (χ3n) is 2.46. The van der Waals surface area contributed by atoms with E-state index in [1.54, 1.807) is 20.8 Å². The molecule has 0 spiro atoms. The molecule has 0 aliphatic carbocycles. The molecule has 0 fully saturated rings. The van der Waals surface area contributed by atoms with Crippen LogP contribution in [0, 0.1) is 5.92 Å². The molecule has 1 amide bonds. The van der Waals surface area contributed by atoms with E-state index in [0.29, 0.717) is 19.4 Å². The van der Waals surface area contributed by atoms with Crippen molar-refractivity contribution in [3.05, 3.63) is 10.4 Å². The summed E-state index contributed by atoms with van der Waals surface area (Å²) in [6, 6.07) is 0. The summed E-state index contributed by atoms with van der Waals surface area (Å²) >= 11 is 0. The molecular formula is C14H22N4O5. The Hall–Kier alpha value is -2.41. The minimum Gasteiger partial charge on any atom is -0.481 e. The maximum atomic E-state index is 11.9. The normalized spacial score (nSPS) is 12.5. The number of carboxylic acids is 1. The molecule has 0 saturated carbocycles. The first-order chi connectivity index (χ1) is 10.7. The third kappa shape index (κ3) is 11.9. The van der Waals surface area contributed by atoms with E-state index in [1.807, 2.05) is 0 Å². The lowest BCUT2D eigenvalue weighted by Gasteiger charge is -2.21. The molecule has 0 aliphatic heterocycles. The molecule has 0 aromatic heterocycles. The number of aliphatic imine (C=N–C) groups is 1. The molecule has 1 atom stereocenters. The number of carbonyl (C=O) groups excluding carboxylic acids is 2. The predicted molar refractivity (Wildman–Crippen MR) is 83.0 cm³/mol. The Kier molecular flexibility index (Phi) is 9.26. The van der Waals surface area contributed by atoms with Gasteiger partial charge in [0.05, 0.1) is 6.42 Å². The first-order valence-electron chi connectivity index (χ1n) is 7.18. The zero-order valence-corrected chi connectivity index (χ0v) is 13.6. The van der Waals surface area contributed by atoms with Gasteiger partial charge in [-0.25, -0.2) is 4.99 Å². The van der Waals surface area contributed by atoms with Gasteiger partial charge in [0.25, 0.3) is 0 Å². The number of azide groups is 1. The minimum atomic E-state index is -1.19. The van der Waals surface area contributed by atoms with Gasteiger partial charge in [0.15, 0.2) is 0 Å². The molecular weight excluding hydrogens is 304 g/mol. The van der Waals surface area contributed by atoms with Crippen molar-refractivity contribution in [3.63, 3.8) is 0 Å². The molecule has 128 valence electrons. The van der Waals surface area contributed by atoms with E-state index in [9.17, 15) is 14.4 Å². The van der Waals surface area contributed by atoms with Crippen LogP contribution < -0.4 is 0 Å². The maximum absolute atomic E-state index is 11.9. The third-order valence-corrected chi connectivity index (χ3v) is 2.46. The Labute approximate surface area is 134 Å². The highest BCUT2D eigenvalue weighted by molar-refractivity contribution is 5.97. The van der Waals surface area contributed by atoms with Gasteiger partial charge in [0.1, 0.15) is 11.5 Å². The van der Waals surface area contributed by atoms with Crippen molar-refractivity contribution >= 4 is 24.1 Å². The average Bonchev–Trinajstić information content (AvgIpc) is 2.40. The molecule has 9 heteroatoms. The SMILES string of the molecule is CC(C)(C)OC(=O)C(/C=N/C(=O)CCCCN=[N+]=[N-])CC(=O)O. The number of hydrogen-bond acceptors (Lipinski definition) is 5. The quantitative estimate of drug-likeness (QED) is 0.173. The van der Waals surface area contributed by atoms with Gasteiger partial charge in [-0.15, -0.1) is 0 Å². The summed E-state index contributed by atoms with van der Waals surface area (Å²) in [5.74, 6) is -3.50. The Bertz CT molecular complexity index is 504. The van der Waals surface area contributed by atoms with E-state index in [2.05, 4.69) is 15.0 Å². The number of carboxylic acid groups (broad SMARTS) is 1. The van der Waals surface area contributed by atoms with Crippen LogP contribution in [0.15, 0.2) is 10.1 Å². The fourth-order valence-corrected chi connectivity index (χ4v) is 1.50. The molecule has 0 aromatic rings. The van der Waals surface area contributed by atoms with Crippen LogP contribution in [0.5, 0.6) is 0 Å². The van der Waals surface area contributed by atoms with E-state index in [0.717, 1.165) is 6.21 Å². The highest BCUT2D eigenvalue weighted by atomic mass is 16.6. The number of amides is 1. The van der Waals surface area contributed by atoms with Crippen LogP contribution in [0.1, 0.15) is 46.5 Å². The molecule has 1 unspecified atom stereocenters. The largest absolute Gasteiger partial charge is 0.481 e. The van der Waals surface area contributed by atoms with Crippen LogP contribution in [0.3, 0.4) is 0 Å². The second-order valence-corrected chi connectivity index (χ2v) is 5.82. The number of ether oxygens (including phenoxy) is 1. The van der Waals surface area contributed by atoms with Crippen molar-refractivity contribution in [1.29, 1.82) is 0 Å². The number of aliphatic carboxylic acids is 1. The summed E-state index contributed by atoms with van der Waals surface area (Å²) in [6.45, 7) is 5.28. The molecule has 1 N–H and O–H groups in total. The van der Waals surface area contributed by atoms with Gasteiger partial charge in [0, 0.05) is 24.1 Å². The van der Waals surface area contributed by atoms with Crippen molar-refractivity contribution in [2.24, 2.45) is 16.0 Å². The van der Waals surface area contributed by atoms with Gasteiger partial charge in [0.2, 0.25) is 5.91 Å². The molecule has 0 heterocycles. The monoisotopic (exact) mass is 326 g/mol. The molecule has 23 heavy (non-hydrogen) atoms. The van der Waals surface area contributed by atoms with Gasteiger partial charge in [-0.3, -0.25) is 14.4 Å². The van der Waals surface area contributed by atoms with Crippen LogP contribution in [-0.2, 0) is 19.1 Å². The van der Waals surface area contributed by atoms with Gasteiger partial charge in [-0.1, -0.05) is 5.11 Å². The van der Waals surface area contributed by atoms with E-state index in [4.69, 9.17) is 15.4 Å². The lowest BCUT2D eigenvalue weighted by molar-refractivity contribution is -0.159. The van der Waals surface area contributed by atoms with E-state index >= 15 is 0 Å². The zero-order valence-electron chi connectivity index (χ0n) is 13.6. The summed E-state index contributed by atoms with van der Waals surface area (Å²) in [7, 11) is 0. The van der Waals surface area contributed by atoms with Gasteiger partial charge in [-0.05, 0) is 39.1 Å². The molecule has 0 rings (SSSR count). The molecule has 0 radical (unpaired) electrons. The Morgan fingerprint density at radius 2 is 1.96 bits per heavy atom. The van der Waals surface area contributed by atoms with Crippen molar-refractivity contribution in [3.8, 4) is 0 Å². The molecule has 9 nitrogen and oxygen atoms in total. The molecule has 0 aliphatic rings. The standard InChI is InChI=1S/C14H22N4O5/c1-14(2,3)23-13(22)10(8-12(20)21)9-16-11(19)6-4-5-7-17-18-15/h9-10H,4-8H2,1-3H3,(H,20,21)/b16-9+. The van der Waals surface area contributed by atoms with Gasteiger partial charge < -0.3 is 9.84 Å². The first kappa shape index (κ1) is 20.6. The summed E-state index contributed by atoms with van der Waals surface area (Å²) in [5, 5.41) is 12.2. The predicted octanol–water partition coefficient (Wildman–Crippen LogP) is 2.50. The van der Waals surface area contributed by atoms with Crippen LogP contribution in [-0.4, -0.2) is 41.3 Å². The Morgan fingerprint density at radius 3 is 2.48 bits per heavy atom. The maximum Gasteiger partial charge on any atom is 0.315 e. The van der Waals surface area contributed by atoms with Crippen LogP contribution in [0.25, 0.3) is 10.4 Å². The highest BCUT2D eigenvalue weighted by Gasteiger charge is 2.26. The Morgan fingerprint density at radius 1 is 1.30 bits per heavy atom. The van der Waals surface area contributed by atoms with Crippen molar-refractivity contribution in [2.75, 3.05) is 6.54 Å². The average molecular weight is 326 g/mol. The summed E-state index contributed by atoms with van der Waals surface area (Å²) in [6.07, 6.45) is 1.70. The van der Waals surface area contributed by atoms with Crippen LogP contribution >= 0.6 is 0 Å². The van der Waals surface area contributed by atoms with E-state index in [-0.39, 0.29) is 6.42 Å². The van der Waals surface area contributed by atoms with Crippen molar-refractivity contribution < 1.29 is 24.2 Å². The lowest BCUT2D eigenvalue weighted by Crippen LogP contribution is -2.30. The minimum absolute atomic E-state index is 0.131. The lowest BCUT2D eigenvalue weighted by atomic mass is 10.1. The first-order valence-corrected chi connectivity index (χ1v) is 7.18. The molecule has 0 aromatic carbocycles. The smallest absolute Gasteiger partial charge is 0.315 e. The second kappa shape index (κ2) is 10.3. The van der Waals surface area contributed by atoms with Gasteiger partial charge >= 0.3 is 11.9 Å². The fourth-order valence-electron chi connectivity index (χ4n) is 1.50. The number of nitrogens with zero attached hydrogens (tertiary/aromatic N) is 4. The number of hydrogen-bond donors (Lipinski definition) is 1. The van der Waals surface area contributed by atoms with Crippen LogP contribution in [0.4, 0.5) is 0 Å². The number of unbranched alkanes of at least 4 members (excludes halogenated alkanes) is 1. The van der Waals surface area contributed by atoms with E-state index in [1.165, 1.54) is 0 Å². The second-order valence-electron chi connectivity index (χ2n) is 5.82. The van der Waals surface area contributed by atoms with Gasteiger partial charge in [-0.2, -0.15) is 0 Å². The molecule has 0 bridgehead atoms. The number of carbonyl (C=O) groups is 3. The molecule has 0 saturated heterocycles. The summed E-state index contributed by atoms with van der Waals surface area (Å²) in [5.41, 5.74) is 7.34. The Balaban J connectivity index is 4.56. The summed E-state index contributed by atoms with van der Waals surface area (Å²) < 4.78 is 5.11. The van der Waals surface area contributed by atoms with Crippen molar-refractivity contribution in [1.82, 2.24) is 0 Å². The zero-order chi connectivity index (χ0) is 17.9. The summed E-state index contributed by atoms with van der Waals surface area (Å²) in [4.78, 5) is 40.5. The number of rotatable bonds is 9. The topological polar surface area (TPSA) is 142 Å². The van der Waals surface area contributed by atoms with Crippen molar-refractivity contribution in [2.45, 2.75) is 52.1 Å². The highest BCUT2D eigenvalue weighted by Crippen LogP contribution is 2.13. The van der Waals surface area contributed by atoms with Crippen LogP contribution in [0.2, 0.25) is 0 Å². The van der Waals surface area contributed by atoms with E-state index < -0.39 is 35.8 Å². The number of esters is 1.